The van der Waals surface area contributed by atoms with Crippen LogP contribution in [0.3, 0.4) is 0 Å². The molecule has 1 aromatic heterocycles. The van der Waals surface area contributed by atoms with E-state index in [9.17, 15) is 4.57 Å². The van der Waals surface area contributed by atoms with Gasteiger partial charge in [-0.2, -0.15) is 0 Å². The van der Waals surface area contributed by atoms with E-state index in [0.717, 1.165) is 26.9 Å². The molecule has 4 aromatic rings. The molecular weight excluding hydrogens is 413 g/mol. The molecule has 0 saturated carbocycles. The lowest BCUT2D eigenvalue weighted by Gasteiger charge is -2.30. The lowest BCUT2D eigenvalue weighted by Crippen LogP contribution is -2.25. The number of nitrogens with one attached hydrogen (secondary N) is 1. The van der Waals surface area contributed by atoms with Crippen molar-refractivity contribution in [1.82, 2.24) is 0 Å². The molecule has 1 aliphatic rings. The summed E-state index contributed by atoms with van der Waals surface area (Å²) in [5.41, 5.74) is 0.838. The van der Waals surface area contributed by atoms with Gasteiger partial charge in [0.1, 0.15) is 5.78 Å². The fourth-order valence-corrected chi connectivity index (χ4v) is 7.87. The molecule has 5 rings (SSSR count). The number of thiophene rings is 1. The summed E-state index contributed by atoms with van der Waals surface area (Å²) in [4.78, 5) is 1.02. The highest BCUT2D eigenvalue weighted by Crippen LogP contribution is 2.58. The van der Waals surface area contributed by atoms with Gasteiger partial charge in [0, 0.05) is 27.2 Å². The van der Waals surface area contributed by atoms with Crippen LogP contribution < -0.4 is 25.4 Å². The normalized spacial score (nSPS) is 13.7. The lowest BCUT2D eigenvalue weighted by molar-refractivity contribution is 0.174. The molecule has 4 nitrogen and oxygen atoms in total. The summed E-state index contributed by atoms with van der Waals surface area (Å²) in [5, 5.41) is 7.22. The number of anilines is 1. The van der Waals surface area contributed by atoms with Gasteiger partial charge in [-0.05, 0) is 23.6 Å². The number of rotatable bonds is 6. The molecule has 0 aliphatic carbocycles. The van der Waals surface area contributed by atoms with Gasteiger partial charge in [0.05, 0.1) is 0 Å². The number of benzene rings is 3. The van der Waals surface area contributed by atoms with E-state index in [1.54, 1.807) is 11.3 Å². The van der Waals surface area contributed by atoms with Crippen LogP contribution in [0.4, 0.5) is 5.69 Å². The van der Waals surface area contributed by atoms with Gasteiger partial charge >= 0.3 is 0 Å². The Morgan fingerprint density at radius 3 is 2.10 bits per heavy atom. The Morgan fingerprint density at radius 1 is 0.800 bits per heavy atom. The molecular formula is C24H20NO3PS. The fraction of sp³-hybridized carbons (Fsp3) is 0.0833. The summed E-state index contributed by atoms with van der Waals surface area (Å²) in [7, 11) is -3.08. The molecule has 2 heterocycles. The van der Waals surface area contributed by atoms with E-state index < -0.39 is 12.9 Å². The number of hydrogen-bond donors (Lipinski definition) is 1. The predicted octanol–water partition coefficient (Wildman–Crippen LogP) is 5.60. The molecule has 0 bridgehead atoms. The van der Waals surface area contributed by atoms with Crippen molar-refractivity contribution in [1.29, 1.82) is 0 Å². The maximum atomic E-state index is 14.9. The molecule has 1 N–H and O–H groups in total. The van der Waals surface area contributed by atoms with Gasteiger partial charge in [0.15, 0.2) is 18.6 Å². The van der Waals surface area contributed by atoms with E-state index in [1.165, 1.54) is 0 Å². The second-order valence-electron chi connectivity index (χ2n) is 6.96. The molecule has 0 saturated heterocycles. The van der Waals surface area contributed by atoms with Crippen molar-refractivity contribution in [2.24, 2.45) is 0 Å². The van der Waals surface area contributed by atoms with E-state index in [1.807, 2.05) is 96.4 Å². The Bertz CT molecular complexity index is 1140. The van der Waals surface area contributed by atoms with Crippen LogP contribution in [-0.4, -0.2) is 6.79 Å². The third-order valence-corrected chi connectivity index (χ3v) is 9.51. The molecule has 0 radical (unpaired) electrons. The van der Waals surface area contributed by atoms with Crippen molar-refractivity contribution in [2.75, 3.05) is 12.1 Å². The molecule has 150 valence electrons. The van der Waals surface area contributed by atoms with E-state index >= 15 is 0 Å². The van der Waals surface area contributed by atoms with E-state index in [2.05, 4.69) is 5.32 Å². The first-order chi connectivity index (χ1) is 14.7. The van der Waals surface area contributed by atoms with Crippen LogP contribution in [0.25, 0.3) is 0 Å². The van der Waals surface area contributed by atoms with Crippen molar-refractivity contribution in [3.05, 3.63) is 101 Å². The Kier molecular flexibility index (Phi) is 5.07. The van der Waals surface area contributed by atoms with Gasteiger partial charge in [-0.15, -0.1) is 11.3 Å². The molecule has 30 heavy (non-hydrogen) atoms. The van der Waals surface area contributed by atoms with Crippen LogP contribution in [0.2, 0.25) is 0 Å². The zero-order valence-electron chi connectivity index (χ0n) is 16.1. The molecule has 1 atom stereocenters. The summed E-state index contributed by atoms with van der Waals surface area (Å²) in [5.74, 6) is 1.00. The molecule has 0 amide bonds. The van der Waals surface area contributed by atoms with E-state index in [4.69, 9.17) is 9.47 Å². The Labute approximate surface area is 179 Å². The predicted molar refractivity (Wildman–Crippen MR) is 123 cm³/mol. The van der Waals surface area contributed by atoms with Crippen molar-refractivity contribution >= 4 is 34.8 Å². The topological polar surface area (TPSA) is 47.6 Å². The average Bonchev–Trinajstić information content (AvgIpc) is 3.50. The standard InChI is InChI=1S/C24H20NO3PS/c26-29(19-8-3-1-4-9-19,20-10-5-2-6-11-20)24(23-12-7-15-30-23)25-18-13-14-21-22(16-18)28-17-27-21/h1-16,24-25H,17H2. The second-order valence-corrected chi connectivity index (χ2v) is 10.8. The van der Waals surface area contributed by atoms with Crippen LogP contribution in [-0.2, 0) is 4.57 Å². The smallest absolute Gasteiger partial charge is 0.231 e. The first-order valence-electron chi connectivity index (χ1n) is 9.66. The molecule has 6 heteroatoms. The van der Waals surface area contributed by atoms with Gasteiger partial charge in [-0.3, -0.25) is 0 Å². The Balaban J connectivity index is 1.65. The summed E-state index contributed by atoms with van der Waals surface area (Å²) in [6, 6.07) is 29.2. The third kappa shape index (κ3) is 3.41. The molecule has 1 aliphatic heterocycles. The van der Waals surface area contributed by atoms with Crippen LogP contribution in [0.1, 0.15) is 10.7 Å². The minimum absolute atomic E-state index is 0.222. The van der Waals surface area contributed by atoms with Crippen molar-refractivity contribution in [3.8, 4) is 11.5 Å². The highest BCUT2D eigenvalue weighted by molar-refractivity contribution is 7.79. The van der Waals surface area contributed by atoms with Gasteiger partial charge < -0.3 is 19.4 Å². The number of fused-ring (bicyclic) bond motifs is 1. The Morgan fingerprint density at radius 2 is 1.47 bits per heavy atom. The maximum Gasteiger partial charge on any atom is 0.231 e. The third-order valence-electron chi connectivity index (χ3n) is 5.13. The van der Waals surface area contributed by atoms with Crippen LogP contribution in [0.5, 0.6) is 11.5 Å². The van der Waals surface area contributed by atoms with Crippen LogP contribution in [0.15, 0.2) is 96.4 Å². The van der Waals surface area contributed by atoms with Gasteiger partial charge in [0.2, 0.25) is 6.79 Å². The fourth-order valence-electron chi connectivity index (χ4n) is 3.68. The van der Waals surface area contributed by atoms with Gasteiger partial charge in [-0.25, -0.2) is 0 Å². The number of ether oxygens (including phenoxy) is 2. The van der Waals surface area contributed by atoms with Crippen LogP contribution >= 0.6 is 18.5 Å². The number of hydrogen-bond acceptors (Lipinski definition) is 5. The minimum atomic E-state index is -3.08. The highest BCUT2D eigenvalue weighted by atomic mass is 32.1. The quantitative estimate of drug-likeness (QED) is 0.402. The molecule has 1 unspecified atom stereocenters. The van der Waals surface area contributed by atoms with E-state index in [-0.39, 0.29) is 6.79 Å². The van der Waals surface area contributed by atoms with Crippen LogP contribution in [0, 0.1) is 0 Å². The largest absolute Gasteiger partial charge is 0.454 e. The van der Waals surface area contributed by atoms with Gasteiger partial charge in [-0.1, -0.05) is 66.7 Å². The molecule has 3 aromatic carbocycles. The van der Waals surface area contributed by atoms with Crippen molar-refractivity contribution in [2.45, 2.75) is 5.78 Å². The maximum absolute atomic E-state index is 14.9. The monoisotopic (exact) mass is 433 g/mol. The first kappa shape index (κ1) is 19.0. The summed E-state index contributed by atoms with van der Waals surface area (Å²) in [6.45, 7) is 0.222. The SMILES string of the molecule is O=P(c1ccccc1)(c1ccccc1)C(Nc1ccc2c(c1)OCO2)c1cccs1. The average molecular weight is 433 g/mol. The first-order valence-corrected chi connectivity index (χ1v) is 12.3. The van der Waals surface area contributed by atoms with Crippen molar-refractivity contribution in [3.63, 3.8) is 0 Å². The zero-order valence-corrected chi connectivity index (χ0v) is 17.8. The van der Waals surface area contributed by atoms with Crippen molar-refractivity contribution < 1.29 is 14.0 Å². The summed E-state index contributed by atoms with van der Waals surface area (Å²) in [6.07, 6.45) is 0. The highest BCUT2D eigenvalue weighted by Gasteiger charge is 2.38. The summed E-state index contributed by atoms with van der Waals surface area (Å²) >= 11 is 1.60. The minimum Gasteiger partial charge on any atom is -0.454 e. The van der Waals surface area contributed by atoms with E-state index in [0.29, 0.717) is 5.75 Å². The second kappa shape index (κ2) is 8.02. The molecule has 0 fully saturated rings. The Hall–Kier alpha value is -3.01. The zero-order chi connectivity index (χ0) is 20.4. The van der Waals surface area contributed by atoms with Gasteiger partial charge in [0.25, 0.3) is 0 Å². The summed E-state index contributed by atoms with van der Waals surface area (Å²) < 4.78 is 25.9. The molecule has 0 spiro atoms. The lowest BCUT2D eigenvalue weighted by atomic mass is 10.2.